The zero-order valence-corrected chi connectivity index (χ0v) is 13.5. The highest BCUT2D eigenvalue weighted by molar-refractivity contribution is 7.89. The van der Waals surface area contributed by atoms with Crippen molar-refractivity contribution in [2.45, 2.75) is 31.7 Å². The quantitative estimate of drug-likeness (QED) is 0.849. The van der Waals surface area contributed by atoms with Crippen molar-refractivity contribution in [3.63, 3.8) is 0 Å². The topological polar surface area (TPSA) is 64.4 Å². The van der Waals surface area contributed by atoms with Crippen molar-refractivity contribution in [2.24, 2.45) is 0 Å². The molecule has 0 amide bonds. The summed E-state index contributed by atoms with van der Waals surface area (Å²) >= 11 is 0. The van der Waals surface area contributed by atoms with Gasteiger partial charge in [0.2, 0.25) is 10.0 Å². The lowest BCUT2D eigenvalue weighted by molar-refractivity contribution is 0.169. The van der Waals surface area contributed by atoms with Gasteiger partial charge < -0.3 is 0 Å². The SMILES string of the molecule is Cc1ccc(S(=O)(=O)N2CCN(C(C)C#N)CC2)c(C)c1. The number of nitriles is 1. The average Bonchev–Trinajstić information content (AvgIpc) is 2.46. The Labute approximate surface area is 126 Å². The van der Waals surface area contributed by atoms with E-state index in [4.69, 9.17) is 5.26 Å². The fraction of sp³-hybridized carbons (Fsp3) is 0.533. The van der Waals surface area contributed by atoms with Crippen molar-refractivity contribution in [2.75, 3.05) is 26.2 Å². The Kier molecular flexibility index (Phi) is 4.67. The van der Waals surface area contributed by atoms with Crippen LogP contribution in [0.3, 0.4) is 0 Å². The van der Waals surface area contributed by atoms with E-state index in [1.165, 1.54) is 4.31 Å². The van der Waals surface area contributed by atoms with Gasteiger partial charge in [-0.15, -0.1) is 0 Å². The van der Waals surface area contributed by atoms with Crippen LogP contribution in [0.5, 0.6) is 0 Å². The van der Waals surface area contributed by atoms with Gasteiger partial charge in [0.1, 0.15) is 0 Å². The smallest absolute Gasteiger partial charge is 0.243 e. The van der Waals surface area contributed by atoms with E-state index in [1.54, 1.807) is 6.07 Å². The normalized spacial score (nSPS) is 19.1. The minimum atomic E-state index is -3.44. The molecule has 1 saturated heterocycles. The lowest BCUT2D eigenvalue weighted by Crippen LogP contribution is -2.51. The predicted octanol–water partition coefficient (Wildman–Crippen LogP) is 1.52. The van der Waals surface area contributed by atoms with Gasteiger partial charge in [0.05, 0.1) is 17.0 Å². The van der Waals surface area contributed by atoms with Crippen LogP contribution in [0, 0.1) is 25.2 Å². The van der Waals surface area contributed by atoms with Gasteiger partial charge in [0.25, 0.3) is 0 Å². The summed E-state index contributed by atoms with van der Waals surface area (Å²) in [7, 11) is -3.44. The zero-order chi connectivity index (χ0) is 15.6. The van der Waals surface area contributed by atoms with Gasteiger partial charge in [-0.25, -0.2) is 8.42 Å². The molecule has 1 fully saturated rings. The molecule has 0 spiro atoms. The van der Waals surface area contributed by atoms with E-state index in [9.17, 15) is 8.42 Å². The van der Waals surface area contributed by atoms with Gasteiger partial charge in [-0.2, -0.15) is 9.57 Å². The van der Waals surface area contributed by atoms with E-state index in [2.05, 4.69) is 6.07 Å². The minimum Gasteiger partial charge on any atom is -0.286 e. The van der Waals surface area contributed by atoms with Crippen LogP contribution in [0.1, 0.15) is 18.1 Å². The van der Waals surface area contributed by atoms with Gasteiger partial charge in [-0.3, -0.25) is 4.90 Å². The molecule has 2 rings (SSSR count). The van der Waals surface area contributed by atoms with Crippen LogP contribution in [0.2, 0.25) is 0 Å². The Morgan fingerprint density at radius 2 is 1.81 bits per heavy atom. The van der Waals surface area contributed by atoms with E-state index in [-0.39, 0.29) is 6.04 Å². The number of benzene rings is 1. The maximum absolute atomic E-state index is 12.7. The molecule has 114 valence electrons. The van der Waals surface area contributed by atoms with E-state index in [1.807, 2.05) is 37.8 Å². The van der Waals surface area contributed by atoms with Crippen LogP contribution >= 0.6 is 0 Å². The fourth-order valence-corrected chi connectivity index (χ4v) is 4.27. The number of piperazine rings is 1. The molecular weight excluding hydrogens is 286 g/mol. The summed E-state index contributed by atoms with van der Waals surface area (Å²) in [5, 5.41) is 8.93. The standard InChI is InChI=1S/C15H21N3O2S/c1-12-4-5-15(13(2)10-12)21(19,20)18-8-6-17(7-9-18)14(3)11-16/h4-5,10,14H,6-9H2,1-3H3. The largest absolute Gasteiger partial charge is 0.286 e. The molecule has 0 radical (unpaired) electrons. The molecule has 1 atom stereocenters. The summed E-state index contributed by atoms with van der Waals surface area (Å²) in [5.41, 5.74) is 1.84. The summed E-state index contributed by atoms with van der Waals surface area (Å²) in [6.07, 6.45) is 0. The highest BCUT2D eigenvalue weighted by Gasteiger charge is 2.30. The van der Waals surface area contributed by atoms with Crippen molar-refractivity contribution in [3.05, 3.63) is 29.3 Å². The third kappa shape index (κ3) is 3.26. The van der Waals surface area contributed by atoms with Gasteiger partial charge in [0.15, 0.2) is 0 Å². The van der Waals surface area contributed by atoms with E-state index in [0.717, 1.165) is 11.1 Å². The first-order chi connectivity index (χ1) is 9.86. The van der Waals surface area contributed by atoms with Crippen molar-refractivity contribution in [1.29, 1.82) is 5.26 Å². The first-order valence-electron chi connectivity index (χ1n) is 7.07. The summed E-state index contributed by atoms with van der Waals surface area (Å²) in [6.45, 7) is 7.68. The van der Waals surface area contributed by atoms with Gasteiger partial charge in [0, 0.05) is 26.2 Å². The molecule has 6 heteroatoms. The van der Waals surface area contributed by atoms with Crippen LogP contribution in [-0.4, -0.2) is 49.8 Å². The third-order valence-corrected chi connectivity index (χ3v) is 6.01. The molecule has 0 saturated carbocycles. The molecule has 1 aliphatic heterocycles. The zero-order valence-electron chi connectivity index (χ0n) is 12.7. The van der Waals surface area contributed by atoms with Crippen molar-refractivity contribution in [1.82, 2.24) is 9.21 Å². The highest BCUT2D eigenvalue weighted by atomic mass is 32.2. The van der Waals surface area contributed by atoms with Gasteiger partial charge >= 0.3 is 0 Å². The molecule has 0 aromatic heterocycles. The van der Waals surface area contributed by atoms with Crippen LogP contribution in [-0.2, 0) is 10.0 Å². The number of nitrogens with zero attached hydrogens (tertiary/aromatic N) is 3. The lowest BCUT2D eigenvalue weighted by Gasteiger charge is -2.35. The first-order valence-corrected chi connectivity index (χ1v) is 8.51. The molecule has 1 unspecified atom stereocenters. The Morgan fingerprint density at radius 1 is 1.19 bits per heavy atom. The second-order valence-electron chi connectivity index (χ2n) is 5.51. The summed E-state index contributed by atoms with van der Waals surface area (Å²) in [5.74, 6) is 0. The number of sulfonamides is 1. The van der Waals surface area contributed by atoms with Gasteiger partial charge in [-0.05, 0) is 32.4 Å². The molecule has 1 aromatic carbocycles. The number of rotatable bonds is 3. The van der Waals surface area contributed by atoms with Crippen LogP contribution in [0.15, 0.2) is 23.1 Å². The maximum atomic E-state index is 12.7. The molecule has 1 heterocycles. The second kappa shape index (κ2) is 6.14. The Hall–Kier alpha value is -1.42. The Bertz CT molecular complexity index is 656. The molecule has 5 nitrogen and oxygen atoms in total. The third-order valence-electron chi connectivity index (χ3n) is 3.96. The highest BCUT2D eigenvalue weighted by Crippen LogP contribution is 2.22. The number of hydrogen-bond acceptors (Lipinski definition) is 4. The molecular formula is C15H21N3O2S. The molecule has 0 bridgehead atoms. The Balaban J connectivity index is 2.17. The van der Waals surface area contributed by atoms with Crippen molar-refractivity contribution in [3.8, 4) is 6.07 Å². The predicted molar refractivity (Wildman–Crippen MR) is 81.3 cm³/mol. The number of aryl methyl sites for hydroxylation is 2. The average molecular weight is 307 g/mol. The molecule has 0 aliphatic carbocycles. The molecule has 1 aliphatic rings. The molecule has 1 aromatic rings. The minimum absolute atomic E-state index is 0.170. The monoisotopic (exact) mass is 307 g/mol. The number of hydrogen-bond donors (Lipinski definition) is 0. The van der Waals surface area contributed by atoms with Crippen LogP contribution < -0.4 is 0 Å². The first kappa shape index (κ1) is 16.0. The molecule has 0 N–H and O–H groups in total. The van der Waals surface area contributed by atoms with E-state index in [0.29, 0.717) is 31.1 Å². The lowest BCUT2D eigenvalue weighted by atomic mass is 10.2. The van der Waals surface area contributed by atoms with E-state index < -0.39 is 10.0 Å². The Morgan fingerprint density at radius 3 is 2.33 bits per heavy atom. The van der Waals surface area contributed by atoms with E-state index >= 15 is 0 Å². The second-order valence-corrected chi connectivity index (χ2v) is 7.42. The summed E-state index contributed by atoms with van der Waals surface area (Å²) in [4.78, 5) is 2.39. The van der Waals surface area contributed by atoms with Crippen LogP contribution in [0.4, 0.5) is 0 Å². The molecule has 21 heavy (non-hydrogen) atoms. The van der Waals surface area contributed by atoms with Crippen molar-refractivity contribution >= 4 is 10.0 Å². The summed E-state index contributed by atoms with van der Waals surface area (Å²) in [6, 6.07) is 7.42. The van der Waals surface area contributed by atoms with Crippen LogP contribution in [0.25, 0.3) is 0 Å². The maximum Gasteiger partial charge on any atom is 0.243 e. The van der Waals surface area contributed by atoms with Gasteiger partial charge in [-0.1, -0.05) is 17.7 Å². The van der Waals surface area contributed by atoms with Crippen molar-refractivity contribution < 1.29 is 8.42 Å². The summed E-state index contributed by atoms with van der Waals surface area (Å²) < 4.78 is 26.9. The fourth-order valence-electron chi connectivity index (χ4n) is 2.64.